The number of hydrogen-bond donors (Lipinski definition) is 0. The van der Waals surface area contributed by atoms with Crippen LogP contribution in [0.2, 0.25) is 0 Å². The molecule has 0 atom stereocenters. The number of nitrogens with zero attached hydrogens (tertiary/aromatic N) is 3. The second-order valence-corrected chi connectivity index (χ2v) is 6.99. The van der Waals surface area contributed by atoms with Crippen molar-refractivity contribution in [3.05, 3.63) is 110 Å². The predicted molar refractivity (Wildman–Crippen MR) is 135 cm³/mol. The summed E-state index contributed by atoms with van der Waals surface area (Å²) < 4.78 is 0. The summed E-state index contributed by atoms with van der Waals surface area (Å²) in [6, 6.07) is 26.5. The predicted octanol–water partition coefficient (Wildman–Crippen LogP) is 3.16. The molecule has 0 spiro atoms. The van der Waals surface area contributed by atoms with E-state index in [-0.39, 0.29) is 52.0 Å². The van der Waals surface area contributed by atoms with Crippen molar-refractivity contribution in [2.24, 2.45) is 0 Å². The molecule has 3 aromatic carbocycles. The molecule has 0 aliphatic carbocycles. The average Bonchev–Trinajstić information content (AvgIpc) is 2.86. The molecule has 0 bridgehead atoms. The van der Waals surface area contributed by atoms with E-state index < -0.39 is 0 Å². The third-order valence-electron chi connectivity index (χ3n) is 4.79. The van der Waals surface area contributed by atoms with Crippen LogP contribution in [0, 0.1) is 0 Å². The van der Waals surface area contributed by atoms with Crippen molar-refractivity contribution in [2.45, 2.75) is 0 Å². The number of benzene rings is 3. The van der Waals surface area contributed by atoms with Gasteiger partial charge in [0, 0.05) is 18.6 Å². The Balaban J connectivity index is 0.000000180. The van der Waals surface area contributed by atoms with E-state index in [1.165, 1.54) is 18.2 Å². The van der Waals surface area contributed by atoms with Gasteiger partial charge in [0.25, 0.3) is 0 Å². The molecule has 3 heterocycles. The van der Waals surface area contributed by atoms with E-state index in [0.29, 0.717) is 16.6 Å². The van der Waals surface area contributed by atoms with E-state index >= 15 is 0 Å². The average molecular weight is 486 g/mol. The van der Waals surface area contributed by atoms with E-state index in [1.54, 1.807) is 36.8 Å². The number of fused-ring (bicyclic) bond motifs is 3. The summed E-state index contributed by atoms with van der Waals surface area (Å²) in [6.45, 7) is 0. The third-order valence-corrected chi connectivity index (χ3v) is 4.79. The van der Waals surface area contributed by atoms with Crippen molar-refractivity contribution in [3.8, 4) is 17.2 Å². The van der Waals surface area contributed by atoms with Crippen LogP contribution in [-0.4, -0.2) is 49.7 Å². The molecule has 0 saturated carbocycles. The quantitative estimate of drug-likeness (QED) is 0.305. The molecule has 0 fully saturated rings. The van der Waals surface area contributed by atoms with Gasteiger partial charge in [0.15, 0.2) is 0 Å². The maximum atomic E-state index is 11.1. The SMILES string of the molecule is [Al+3].[Al+3].[O-]c1cccc2cccnc12.[O-]c1cccc2cccnc12.[O-]c1cccc2cccnc12. The summed E-state index contributed by atoms with van der Waals surface area (Å²) in [6.07, 6.45) is 4.89. The summed E-state index contributed by atoms with van der Waals surface area (Å²) >= 11 is 0. The van der Waals surface area contributed by atoms with Gasteiger partial charge in [0.2, 0.25) is 0 Å². The zero-order valence-corrected chi connectivity index (χ0v) is 20.9. The van der Waals surface area contributed by atoms with Gasteiger partial charge in [-0.25, -0.2) is 0 Å². The van der Waals surface area contributed by atoms with Gasteiger partial charge < -0.3 is 15.3 Å². The van der Waals surface area contributed by atoms with Crippen LogP contribution in [0.15, 0.2) is 110 Å². The molecular formula is C27H18Al2N3O3+3. The van der Waals surface area contributed by atoms with Gasteiger partial charge in [-0.05, 0) is 34.4 Å². The summed E-state index contributed by atoms with van der Waals surface area (Å²) in [5.41, 5.74) is 1.65. The zero-order valence-electron chi connectivity index (χ0n) is 18.6. The molecule has 162 valence electrons. The topological polar surface area (TPSA) is 108 Å². The molecule has 0 aliphatic heterocycles. The molecular weight excluding hydrogens is 468 g/mol. The van der Waals surface area contributed by atoms with Crippen molar-refractivity contribution in [1.82, 2.24) is 15.0 Å². The first-order valence-electron chi connectivity index (χ1n) is 10.2. The molecule has 0 radical (unpaired) electrons. The van der Waals surface area contributed by atoms with Crippen molar-refractivity contribution < 1.29 is 15.3 Å². The Morgan fingerprint density at radius 3 is 0.886 bits per heavy atom. The van der Waals surface area contributed by atoms with Crippen LogP contribution >= 0.6 is 0 Å². The first-order chi connectivity index (χ1) is 16.1. The monoisotopic (exact) mass is 486 g/mol. The van der Waals surface area contributed by atoms with Crippen LogP contribution in [0.25, 0.3) is 32.7 Å². The Kier molecular flexibility index (Phi) is 10.5. The summed E-state index contributed by atoms with van der Waals surface area (Å²) in [7, 11) is 0. The molecule has 6 nitrogen and oxygen atoms in total. The number of aromatic nitrogens is 3. The number of hydrogen-bond acceptors (Lipinski definition) is 6. The largest absolute Gasteiger partial charge is 3.00 e. The van der Waals surface area contributed by atoms with Gasteiger partial charge >= 0.3 is 34.7 Å². The molecule has 0 aliphatic rings. The first-order valence-corrected chi connectivity index (χ1v) is 10.2. The second-order valence-electron chi connectivity index (χ2n) is 6.99. The van der Waals surface area contributed by atoms with Gasteiger partial charge in [-0.3, -0.25) is 15.0 Å². The van der Waals surface area contributed by atoms with E-state index in [4.69, 9.17) is 0 Å². The first kappa shape index (κ1) is 27.6. The van der Waals surface area contributed by atoms with Crippen LogP contribution in [0.5, 0.6) is 17.2 Å². The van der Waals surface area contributed by atoms with Crippen molar-refractivity contribution in [1.29, 1.82) is 0 Å². The maximum absolute atomic E-state index is 11.1. The fraction of sp³-hybridized carbons (Fsp3) is 0. The van der Waals surface area contributed by atoms with Crippen LogP contribution in [0.3, 0.4) is 0 Å². The third kappa shape index (κ3) is 6.93. The molecule has 6 rings (SSSR count). The molecule has 0 unspecified atom stereocenters. The number of para-hydroxylation sites is 3. The maximum Gasteiger partial charge on any atom is 3.00 e. The molecule has 6 aromatic rings. The van der Waals surface area contributed by atoms with Crippen LogP contribution < -0.4 is 15.3 Å². The minimum atomic E-state index is -0.0110. The van der Waals surface area contributed by atoms with Crippen molar-refractivity contribution in [3.63, 3.8) is 0 Å². The molecule has 8 heteroatoms. The van der Waals surface area contributed by atoms with Gasteiger partial charge in [-0.2, -0.15) is 0 Å². The summed E-state index contributed by atoms with van der Waals surface area (Å²) in [4.78, 5) is 11.9. The van der Waals surface area contributed by atoms with E-state index in [2.05, 4.69) is 15.0 Å². The molecule has 0 saturated heterocycles. The van der Waals surface area contributed by atoms with E-state index in [0.717, 1.165) is 16.2 Å². The van der Waals surface area contributed by atoms with Crippen LogP contribution in [-0.2, 0) is 0 Å². The normalized spacial score (nSPS) is 9.60. The van der Waals surface area contributed by atoms with Crippen molar-refractivity contribution in [2.75, 3.05) is 0 Å². The van der Waals surface area contributed by atoms with Gasteiger partial charge in [-0.1, -0.05) is 90.0 Å². The van der Waals surface area contributed by atoms with Crippen LogP contribution in [0.1, 0.15) is 0 Å². The Labute approximate surface area is 223 Å². The number of rotatable bonds is 0. The fourth-order valence-electron chi connectivity index (χ4n) is 3.23. The standard InChI is InChI=1S/3C9H7NO.2Al/c3*11-8-5-1-3-7-4-2-6-10-9(7)8;;/h3*1-6,11H;;/q;;;2*+3/p-3. The Bertz CT molecular complexity index is 1330. The van der Waals surface area contributed by atoms with E-state index in [9.17, 15) is 15.3 Å². The Morgan fingerprint density at radius 1 is 0.371 bits per heavy atom. The summed E-state index contributed by atoms with van der Waals surface area (Å²) in [5.74, 6) is -0.0331. The van der Waals surface area contributed by atoms with Crippen LogP contribution in [0.4, 0.5) is 0 Å². The molecule has 35 heavy (non-hydrogen) atoms. The smallest absolute Gasteiger partial charge is 0.871 e. The zero-order chi connectivity index (χ0) is 23.0. The van der Waals surface area contributed by atoms with Gasteiger partial charge in [-0.15, -0.1) is 0 Å². The second kappa shape index (κ2) is 13.3. The molecule has 3 aromatic heterocycles. The van der Waals surface area contributed by atoms with Gasteiger partial charge in [0.05, 0.1) is 16.6 Å². The van der Waals surface area contributed by atoms with E-state index in [1.807, 2.05) is 54.6 Å². The molecule has 0 N–H and O–H groups in total. The summed E-state index contributed by atoms with van der Waals surface area (Å²) in [5, 5.41) is 36.1. The van der Waals surface area contributed by atoms with Gasteiger partial charge in [0.1, 0.15) is 0 Å². The minimum absolute atomic E-state index is 0. The Morgan fingerprint density at radius 2 is 0.629 bits per heavy atom. The minimum Gasteiger partial charge on any atom is -0.871 e. The van der Waals surface area contributed by atoms with Crippen molar-refractivity contribution >= 4 is 67.4 Å². The molecule has 0 amide bonds. The number of pyridine rings is 3. The Hall–Kier alpha value is -3.65. The fourth-order valence-corrected chi connectivity index (χ4v) is 3.23.